The summed E-state index contributed by atoms with van der Waals surface area (Å²) in [6.45, 7) is 7.71. The average Bonchev–Trinajstić information content (AvgIpc) is 2.15. The third-order valence-electron chi connectivity index (χ3n) is 2.22. The summed E-state index contributed by atoms with van der Waals surface area (Å²) >= 11 is 0. The van der Waals surface area contributed by atoms with Crippen LogP contribution in [-0.2, 0) is 0 Å². The van der Waals surface area contributed by atoms with Crippen molar-refractivity contribution in [3.8, 4) is 0 Å². The Bertz CT molecular complexity index is 350. The zero-order chi connectivity index (χ0) is 10.6. The zero-order valence-corrected chi connectivity index (χ0v) is 8.84. The number of aryl methyl sites for hydroxylation is 1. The Labute approximate surface area is 85.5 Å². The molecule has 0 aromatic heterocycles. The minimum Gasteiger partial charge on any atom is -0.294 e. The summed E-state index contributed by atoms with van der Waals surface area (Å²) in [7, 11) is 0. The van der Waals surface area contributed by atoms with Crippen molar-refractivity contribution in [2.75, 3.05) is 0 Å². The standard InChI is InChI=1S/C13H16O/c1-10(2)8-9-13(14)12-7-5-4-6-11(12)3/h4-7H,1,8-9H2,2-3H3. The summed E-state index contributed by atoms with van der Waals surface area (Å²) in [5.74, 6) is 0.214. The zero-order valence-electron chi connectivity index (χ0n) is 8.84. The monoisotopic (exact) mass is 188 g/mol. The smallest absolute Gasteiger partial charge is 0.163 e. The van der Waals surface area contributed by atoms with E-state index in [4.69, 9.17) is 0 Å². The predicted octanol–water partition coefficient (Wildman–Crippen LogP) is 3.53. The van der Waals surface area contributed by atoms with Gasteiger partial charge in [-0.05, 0) is 25.8 Å². The minimum atomic E-state index is 0.214. The van der Waals surface area contributed by atoms with Crippen LogP contribution in [0, 0.1) is 6.92 Å². The van der Waals surface area contributed by atoms with E-state index >= 15 is 0 Å². The van der Waals surface area contributed by atoms with E-state index in [1.807, 2.05) is 38.1 Å². The number of hydrogen-bond donors (Lipinski definition) is 0. The molecule has 0 unspecified atom stereocenters. The van der Waals surface area contributed by atoms with Gasteiger partial charge in [0.15, 0.2) is 5.78 Å². The third kappa shape index (κ3) is 2.84. The first kappa shape index (κ1) is 10.7. The number of Topliss-reactive ketones (excluding diaryl/α,β-unsaturated/α-hetero) is 1. The number of ketones is 1. The van der Waals surface area contributed by atoms with Crippen LogP contribution in [0.2, 0.25) is 0 Å². The molecule has 74 valence electrons. The summed E-state index contributed by atoms with van der Waals surface area (Å²) in [4.78, 5) is 11.7. The molecule has 1 nitrogen and oxygen atoms in total. The molecule has 0 radical (unpaired) electrons. The van der Waals surface area contributed by atoms with Gasteiger partial charge < -0.3 is 0 Å². The summed E-state index contributed by atoms with van der Waals surface area (Å²) in [6, 6.07) is 7.70. The van der Waals surface area contributed by atoms with Crippen molar-refractivity contribution < 1.29 is 4.79 Å². The number of allylic oxidation sites excluding steroid dienone is 1. The van der Waals surface area contributed by atoms with E-state index in [2.05, 4.69) is 6.58 Å². The van der Waals surface area contributed by atoms with E-state index in [-0.39, 0.29) is 5.78 Å². The van der Waals surface area contributed by atoms with Gasteiger partial charge in [-0.1, -0.05) is 29.8 Å². The van der Waals surface area contributed by atoms with E-state index in [0.717, 1.165) is 23.1 Å². The number of benzene rings is 1. The Hall–Kier alpha value is -1.37. The molecule has 0 aliphatic carbocycles. The Morgan fingerprint density at radius 3 is 2.50 bits per heavy atom. The van der Waals surface area contributed by atoms with Crippen molar-refractivity contribution in [3.05, 3.63) is 47.5 Å². The fourth-order valence-corrected chi connectivity index (χ4v) is 1.35. The van der Waals surface area contributed by atoms with Crippen LogP contribution in [0.1, 0.15) is 35.7 Å². The van der Waals surface area contributed by atoms with Crippen LogP contribution >= 0.6 is 0 Å². The highest BCUT2D eigenvalue weighted by molar-refractivity contribution is 5.97. The van der Waals surface area contributed by atoms with Crippen molar-refractivity contribution in [1.29, 1.82) is 0 Å². The third-order valence-corrected chi connectivity index (χ3v) is 2.22. The van der Waals surface area contributed by atoms with Gasteiger partial charge in [-0.2, -0.15) is 0 Å². The lowest BCUT2D eigenvalue weighted by Crippen LogP contribution is -2.01. The predicted molar refractivity (Wildman–Crippen MR) is 59.6 cm³/mol. The second-order valence-corrected chi connectivity index (χ2v) is 3.70. The van der Waals surface area contributed by atoms with Gasteiger partial charge in [0.1, 0.15) is 0 Å². The first-order chi connectivity index (χ1) is 6.61. The number of carbonyl (C=O) groups excluding carboxylic acids is 1. The van der Waals surface area contributed by atoms with Crippen molar-refractivity contribution in [2.45, 2.75) is 26.7 Å². The molecule has 1 aromatic rings. The molecule has 1 aromatic carbocycles. The number of hydrogen-bond acceptors (Lipinski definition) is 1. The fraction of sp³-hybridized carbons (Fsp3) is 0.308. The Morgan fingerprint density at radius 2 is 1.93 bits per heavy atom. The maximum atomic E-state index is 11.7. The van der Waals surface area contributed by atoms with E-state index in [9.17, 15) is 4.79 Å². The maximum Gasteiger partial charge on any atom is 0.163 e. The molecule has 0 saturated heterocycles. The molecule has 0 aliphatic heterocycles. The first-order valence-electron chi connectivity index (χ1n) is 4.84. The SMILES string of the molecule is C=C(C)CCC(=O)c1ccccc1C. The highest BCUT2D eigenvalue weighted by Crippen LogP contribution is 2.12. The van der Waals surface area contributed by atoms with E-state index in [1.54, 1.807) is 0 Å². The molecule has 0 spiro atoms. The summed E-state index contributed by atoms with van der Waals surface area (Å²) in [5, 5.41) is 0. The van der Waals surface area contributed by atoms with Gasteiger partial charge in [0, 0.05) is 12.0 Å². The molecule has 0 atom stereocenters. The normalized spacial score (nSPS) is 9.86. The molecule has 14 heavy (non-hydrogen) atoms. The van der Waals surface area contributed by atoms with Crippen molar-refractivity contribution in [1.82, 2.24) is 0 Å². The lowest BCUT2D eigenvalue weighted by Gasteiger charge is -2.03. The Kier molecular flexibility index (Phi) is 3.63. The summed E-state index contributed by atoms with van der Waals surface area (Å²) < 4.78 is 0. The molecule has 0 bridgehead atoms. The molecule has 0 saturated carbocycles. The molecule has 0 heterocycles. The molecule has 0 aliphatic rings. The van der Waals surface area contributed by atoms with Gasteiger partial charge in [0.25, 0.3) is 0 Å². The molecular weight excluding hydrogens is 172 g/mol. The van der Waals surface area contributed by atoms with Crippen LogP contribution in [0.3, 0.4) is 0 Å². The van der Waals surface area contributed by atoms with E-state index < -0.39 is 0 Å². The summed E-state index contributed by atoms with van der Waals surface area (Å²) in [6.07, 6.45) is 1.35. The molecular formula is C13H16O. The van der Waals surface area contributed by atoms with Crippen LogP contribution in [0.5, 0.6) is 0 Å². The maximum absolute atomic E-state index is 11.7. The Morgan fingerprint density at radius 1 is 1.29 bits per heavy atom. The van der Waals surface area contributed by atoms with Crippen LogP contribution in [0.25, 0.3) is 0 Å². The second-order valence-electron chi connectivity index (χ2n) is 3.70. The van der Waals surface area contributed by atoms with Gasteiger partial charge in [-0.3, -0.25) is 4.79 Å². The number of carbonyl (C=O) groups is 1. The van der Waals surface area contributed by atoms with E-state index in [1.165, 1.54) is 0 Å². The molecule has 0 N–H and O–H groups in total. The van der Waals surface area contributed by atoms with Gasteiger partial charge in [0.2, 0.25) is 0 Å². The highest BCUT2D eigenvalue weighted by Gasteiger charge is 2.07. The fourth-order valence-electron chi connectivity index (χ4n) is 1.35. The van der Waals surface area contributed by atoms with Gasteiger partial charge in [0.05, 0.1) is 0 Å². The molecule has 1 rings (SSSR count). The van der Waals surface area contributed by atoms with Gasteiger partial charge in [-0.25, -0.2) is 0 Å². The second kappa shape index (κ2) is 4.75. The molecule has 1 heteroatoms. The van der Waals surface area contributed by atoms with Crippen molar-refractivity contribution in [3.63, 3.8) is 0 Å². The van der Waals surface area contributed by atoms with E-state index in [0.29, 0.717) is 6.42 Å². The van der Waals surface area contributed by atoms with Gasteiger partial charge in [-0.15, -0.1) is 6.58 Å². The lowest BCUT2D eigenvalue weighted by molar-refractivity contribution is 0.0982. The van der Waals surface area contributed by atoms with Crippen LogP contribution in [0.15, 0.2) is 36.4 Å². The number of rotatable bonds is 4. The van der Waals surface area contributed by atoms with Crippen molar-refractivity contribution >= 4 is 5.78 Å². The minimum absolute atomic E-state index is 0.214. The molecule has 0 fully saturated rings. The Balaban J connectivity index is 2.70. The largest absolute Gasteiger partial charge is 0.294 e. The average molecular weight is 188 g/mol. The van der Waals surface area contributed by atoms with Crippen LogP contribution < -0.4 is 0 Å². The van der Waals surface area contributed by atoms with Crippen LogP contribution in [-0.4, -0.2) is 5.78 Å². The quantitative estimate of drug-likeness (QED) is 0.521. The van der Waals surface area contributed by atoms with Crippen LogP contribution in [0.4, 0.5) is 0 Å². The summed E-state index contributed by atoms with van der Waals surface area (Å²) in [5.41, 5.74) is 2.96. The van der Waals surface area contributed by atoms with Crippen molar-refractivity contribution in [2.24, 2.45) is 0 Å². The topological polar surface area (TPSA) is 17.1 Å². The first-order valence-corrected chi connectivity index (χ1v) is 4.84. The highest BCUT2D eigenvalue weighted by atomic mass is 16.1. The van der Waals surface area contributed by atoms with Gasteiger partial charge >= 0.3 is 0 Å². The molecule has 0 amide bonds. The lowest BCUT2D eigenvalue weighted by atomic mass is 10.0.